The Morgan fingerprint density at radius 2 is 1.97 bits per heavy atom. The van der Waals surface area contributed by atoms with Gasteiger partial charge in [-0.3, -0.25) is 9.59 Å². The molecular weight excluding hydrogens is 388 g/mol. The largest absolute Gasteiger partial charge is 0.493 e. The SMILES string of the molecule is COc1ccc(N2CC(C(=O)NC3(c4noc(C)n4)CCCC3)CC2=O)cc1OC. The molecule has 1 aromatic carbocycles. The third kappa shape index (κ3) is 3.59. The number of hydrogen-bond acceptors (Lipinski definition) is 7. The van der Waals surface area contributed by atoms with E-state index in [0.717, 1.165) is 25.7 Å². The Balaban J connectivity index is 1.50. The predicted molar refractivity (Wildman–Crippen MR) is 107 cm³/mol. The molecule has 2 fully saturated rings. The summed E-state index contributed by atoms with van der Waals surface area (Å²) in [6.07, 6.45) is 3.64. The van der Waals surface area contributed by atoms with E-state index in [1.165, 1.54) is 0 Å². The van der Waals surface area contributed by atoms with Gasteiger partial charge in [-0.25, -0.2) is 0 Å². The van der Waals surface area contributed by atoms with Crippen LogP contribution in [-0.2, 0) is 15.1 Å². The van der Waals surface area contributed by atoms with Gasteiger partial charge in [0.15, 0.2) is 17.3 Å². The van der Waals surface area contributed by atoms with Crippen molar-refractivity contribution in [2.24, 2.45) is 5.92 Å². The number of hydrogen-bond donors (Lipinski definition) is 1. The van der Waals surface area contributed by atoms with Gasteiger partial charge in [-0.05, 0) is 25.0 Å². The lowest BCUT2D eigenvalue weighted by Crippen LogP contribution is -2.47. The molecule has 1 atom stereocenters. The first-order valence-corrected chi connectivity index (χ1v) is 10.1. The number of aromatic nitrogens is 2. The van der Waals surface area contributed by atoms with Gasteiger partial charge in [-0.15, -0.1) is 0 Å². The number of nitrogens with zero attached hydrogens (tertiary/aromatic N) is 3. The molecule has 1 aliphatic heterocycles. The van der Waals surface area contributed by atoms with Gasteiger partial charge in [-0.1, -0.05) is 18.0 Å². The topological polar surface area (TPSA) is 107 Å². The number of carbonyl (C=O) groups is 2. The molecule has 0 spiro atoms. The fraction of sp³-hybridized carbons (Fsp3) is 0.524. The van der Waals surface area contributed by atoms with Gasteiger partial charge in [0, 0.05) is 31.6 Å². The number of benzene rings is 1. The highest BCUT2D eigenvalue weighted by Crippen LogP contribution is 2.38. The Labute approximate surface area is 174 Å². The van der Waals surface area contributed by atoms with Gasteiger partial charge in [0.1, 0.15) is 5.54 Å². The first kappa shape index (κ1) is 20.2. The van der Waals surface area contributed by atoms with Gasteiger partial charge in [0.2, 0.25) is 17.7 Å². The van der Waals surface area contributed by atoms with Crippen molar-refractivity contribution >= 4 is 17.5 Å². The van der Waals surface area contributed by atoms with Crippen molar-refractivity contribution in [1.29, 1.82) is 0 Å². The third-order valence-corrected chi connectivity index (χ3v) is 5.95. The summed E-state index contributed by atoms with van der Waals surface area (Å²) in [6, 6.07) is 5.29. The number of nitrogens with one attached hydrogen (secondary N) is 1. The first-order chi connectivity index (χ1) is 14.5. The Bertz CT molecular complexity index is 951. The summed E-state index contributed by atoms with van der Waals surface area (Å²) >= 11 is 0. The van der Waals surface area contributed by atoms with Crippen LogP contribution in [0, 0.1) is 12.8 Å². The molecule has 9 nitrogen and oxygen atoms in total. The minimum Gasteiger partial charge on any atom is -0.493 e. The maximum absolute atomic E-state index is 13.1. The zero-order valence-electron chi connectivity index (χ0n) is 17.4. The minimum absolute atomic E-state index is 0.0988. The van der Waals surface area contributed by atoms with Gasteiger partial charge >= 0.3 is 0 Å². The second kappa shape index (κ2) is 7.97. The number of carbonyl (C=O) groups excluding carboxylic acids is 2. The smallest absolute Gasteiger partial charge is 0.227 e. The minimum atomic E-state index is -0.616. The van der Waals surface area contributed by atoms with Crippen LogP contribution in [0.15, 0.2) is 22.7 Å². The molecule has 1 N–H and O–H groups in total. The Morgan fingerprint density at radius 3 is 2.60 bits per heavy atom. The van der Waals surface area contributed by atoms with Crippen molar-refractivity contribution in [1.82, 2.24) is 15.5 Å². The van der Waals surface area contributed by atoms with Gasteiger partial charge < -0.3 is 24.2 Å². The van der Waals surface area contributed by atoms with Crippen LogP contribution in [0.5, 0.6) is 11.5 Å². The quantitative estimate of drug-likeness (QED) is 0.773. The molecular formula is C21H26N4O5. The van der Waals surface area contributed by atoms with Crippen molar-refractivity contribution in [3.8, 4) is 11.5 Å². The van der Waals surface area contributed by atoms with Crippen LogP contribution in [-0.4, -0.2) is 42.7 Å². The van der Waals surface area contributed by atoms with Gasteiger partial charge in [0.25, 0.3) is 0 Å². The maximum atomic E-state index is 13.1. The molecule has 2 heterocycles. The van der Waals surface area contributed by atoms with E-state index in [0.29, 0.717) is 35.4 Å². The first-order valence-electron chi connectivity index (χ1n) is 10.1. The molecule has 160 valence electrons. The molecule has 9 heteroatoms. The van der Waals surface area contributed by atoms with E-state index in [-0.39, 0.29) is 18.2 Å². The number of rotatable bonds is 6. The van der Waals surface area contributed by atoms with Crippen LogP contribution in [0.2, 0.25) is 0 Å². The van der Waals surface area contributed by atoms with E-state index in [1.807, 2.05) is 0 Å². The predicted octanol–water partition coefficient (Wildman–Crippen LogP) is 2.33. The molecule has 0 radical (unpaired) electrons. The van der Waals surface area contributed by atoms with E-state index in [2.05, 4.69) is 15.5 Å². The molecule has 2 amide bonds. The summed E-state index contributed by atoms with van der Waals surface area (Å²) in [5.41, 5.74) is 0.0617. The van der Waals surface area contributed by atoms with Crippen LogP contribution in [0.25, 0.3) is 0 Å². The third-order valence-electron chi connectivity index (χ3n) is 5.95. The summed E-state index contributed by atoms with van der Waals surface area (Å²) in [5, 5.41) is 7.21. The Kier molecular flexibility index (Phi) is 5.36. The normalized spacial score (nSPS) is 20.4. The fourth-order valence-electron chi connectivity index (χ4n) is 4.34. The molecule has 2 aliphatic rings. The number of amides is 2. The summed E-state index contributed by atoms with van der Waals surface area (Å²) < 4.78 is 15.7. The van der Waals surface area contributed by atoms with Crippen LogP contribution in [0.3, 0.4) is 0 Å². The highest BCUT2D eigenvalue weighted by atomic mass is 16.5. The van der Waals surface area contributed by atoms with Crippen molar-refractivity contribution < 1.29 is 23.6 Å². The standard InChI is InChI=1S/C21H26N4O5/c1-13-22-20(24-30-13)21(8-4-5-9-21)23-19(27)14-10-18(26)25(12-14)15-6-7-16(28-2)17(11-15)29-3/h6-7,11,14H,4-5,8-10,12H2,1-3H3,(H,23,27). The Morgan fingerprint density at radius 1 is 1.23 bits per heavy atom. The second-order valence-electron chi connectivity index (χ2n) is 7.86. The van der Waals surface area contributed by atoms with E-state index in [4.69, 9.17) is 14.0 Å². The zero-order chi connectivity index (χ0) is 21.3. The number of ether oxygens (including phenoxy) is 2. The monoisotopic (exact) mass is 414 g/mol. The number of aryl methyl sites for hydroxylation is 1. The van der Waals surface area contributed by atoms with Crippen molar-refractivity contribution in [3.63, 3.8) is 0 Å². The molecule has 1 aromatic heterocycles. The van der Waals surface area contributed by atoms with Crippen molar-refractivity contribution in [2.75, 3.05) is 25.7 Å². The zero-order valence-corrected chi connectivity index (χ0v) is 17.4. The van der Waals surface area contributed by atoms with Crippen LogP contribution >= 0.6 is 0 Å². The van der Waals surface area contributed by atoms with E-state index in [9.17, 15) is 9.59 Å². The van der Waals surface area contributed by atoms with E-state index in [1.54, 1.807) is 44.2 Å². The molecule has 4 rings (SSSR count). The van der Waals surface area contributed by atoms with Crippen LogP contribution in [0.4, 0.5) is 5.69 Å². The summed E-state index contributed by atoms with van der Waals surface area (Å²) in [6.45, 7) is 2.04. The van der Waals surface area contributed by atoms with E-state index < -0.39 is 11.5 Å². The van der Waals surface area contributed by atoms with Gasteiger partial charge in [0.05, 0.1) is 20.1 Å². The van der Waals surface area contributed by atoms with Crippen LogP contribution in [0.1, 0.15) is 43.8 Å². The van der Waals surface area contributed by atoms with Crippen molar-refractivity contribution in [3.05, 3.63) is 29.9 Å². The number of methoxy groups -OCH3 is 2. The van der Waals surface area contributed by atoms with Crippen LogP contribution < -0.4 is 19.7 Å². The molecule has 1 unspecified atom stereocenters. The molecule has 1 saturated carbocycles. The lowest BCUT2D eigenvalue weighted by molar-refractivity contribution is -0.128. The van der Waals surface area contributed by atoms with Crippen molar-refractivity contribution in [2.45, 2.75) is 44.6 Å². The lowest BCUT2D eigenvalue weighted by atomic mass is 9.94. The maximum Gasteiger partial charge on any atom is 0.227 e. The molecule has 2 aromatic rings. The average Bonchev–Trinajstić information content (AvgIpc) is 3.48. The second-order valence-corrected chi connectivity index (χ2v) is 7.86. The Hall–Kier alpha value is -3.10. The van der Waals surface area contributed by atoms with E-state index >= 15 is 0 Å². The highest BCUT2D eigenvalue weighted by Gasteiger charge is 2.44. The van der Waals surface area contributed by atoms with Gasteiger partial charge in [-0.2, -0.15) is 4.98 Å². The average molecular weight is 414 g/mol. The molecule has 30 heavy (non-hydrogen) atoms. The fourth-order valence-corrected chi connectivity index (χ4v) is 4.34. The number of anilines is 1. The summed E-state index contributed by atoms with van der Waals surface area (Å²) in [5.74, 6) is 1.41. The highest BCUT2D eigenvalue weighted by molar-refractivity contribution is 6.00. The molecule has 1 aliphatic carbocycles. The lowest BCUT2D eigenvalue weighted by Gasteiger charge is -2.28. The molecule has 0 bridgehead atoms. The summed E-state index contributed by atoms with van der Waals surface area (Å²) in [4.78, 5) is 31.8. The molecule has 1 saturated heterocycles. The summed E-state index contributed by atoms with van der Waals surface area (Å²) in [7, 11) is 3.10.